The highest BCUT2D eigenvalue weighted by Gasteiger charge is 2.21. The second-order valence-corrected chi connectivity index (χ2v) is 6.18. The smallest absolute Gasteiger partial charge is 0.343 e. The fraction of sp³-hybridized carbons (Fsp3) is 0.0435. The van der Waals surface area contributed by atoms with E-state index in [0.29, 0.717) is 5.56 Å². The van der Waals surface area contributed by atoms with Crippen LogP contribution in [0.1, 0.15) is 38.0 Å². The lowest BCUT2D eigenvalue weighted by Crippen LogP contribution is -2.16. The Morgan fingerprint density at radius 1 is 0.767 bits per heavy atom. The number of rotatable bonds is 6. The van der Waals surface area contributed by atoms with Crippen molar-refractivity contribution in [1.82, 2.24) is 0 Å². The molecule has 7 heteroatoms. The first-order valence-electron chi connectivity index (χ1n) is 8.91. The number of esters is 2. The summed E-state index contributed by atoms with van der Waals surface area (Å²) in [5.41, 5.74) is 0.397. The van der Waals surface area contributed by atoms with E-state index < -0.39 is 17.7 Å². The molecule has 0 spiro atoms. The Balaban J connectivity index is 1.93. The summed E-state index contributed by atoms with van der Waals surface area (Å²) in [4.78, 5) is 37.2. The second kappa shape index (κ2) is 9.29. The number of ether oxygens (including phenoxy) is 2. The molecule has 3 aromatic rings. The van der Waals surface area contributed by atoms with Gasteiger partial charge in [0.2, 0.25) is 5.78 Å². The molecule has 0 aromatic heterocycles. The average molecular weight is 403 g/mol. The Labute approximate surface area is 172 Å². The maximum atomic E-state index is 12.5. The van der Waals surface area contributed by atoms with Crippen LogP contribution in [0.15, 0.2) is 84.0 Å². The number of Topliss-reactive ketones (excluding diaryl/α,β-unsaturated/α-hetero) is 1. The normalized spacial score (nSPS) is 10.9. The van der Waals surface area contributed by atoms with Gasteiger partial charge in [-0.05, 0) is 43.3 Å². The van der Waals surface area contributed by atoms with Crippen LogP contribution in [-0.4, -0.2) is 28.6 Å². The minimum Gasteiger partial charge on any atom is -0.423 e. The Kier molecular flexibility index (Phi) is 6.34. The van der Waals surface area contributed by atoms with E-state index in [1.54, 1.807) is 60.7 Å². The van der Waals surface area contributed by atoms with E-state index in [-0.39, 0.29) is 28.3 Å². The molecule has 0 unspecified atom stereocenters. The fourth-order valence-electron chi connectivity index (χ4n) is 2.55. The SMILES string of the molecule is CC(=NO)C(=O)c1ccc(OC(=O)c2ccccc2)cc1OC(=O)c1ccccc1. The van der Waals surface area contributed by atoms with Crippen LogP contribution in [0.2, 0.25) is 0 Å². The third kappa shape index (κ3) is 4.77. The molecule has 0 heterocycles. The molecule has 0 aliphatic carbocycles. The lowest BCUT2D eigenvalue weighted by Gasteiger charge is -2.12. The Hall–Kier alpha value is -4.26. The van der Waals surface area contributed by atoms with Gasteiger partial charge < -0.3 is 14.7 Å². The van der Waals surface area contributed by atoms with Crippen molar-refractivity contribution in [3.8, 4) is 11.5 Å². The van der Waals surface area contributed by atoms with Crippen molar-refractivity contribution in [3.05, 3.63) is 95.6 Å². The van der Waals surface area contributed by atoms with Gasteiger partial charge >= 0.3 is 11.9 Å². The molecular formula is C23H17NO6. The van der Waals surface area contributed by atoms with Gasteiger partial charge in [0.15, 0.2) is 0 Å². The van der Waals surface area contributed by atoms with Crippen molar-refractivity contribution in [2.75, 3.05) is 0 Å². The summed E-state index contributed by atoms with van der Waals surface area (Å²) in [5.74, 6) is -2.00. The van der Waals surface area contributed by atoms with Crippen LogP contribution in [0.4, 0.5) is 0 Å². The van der Waals surface area contributed by atoms with E-state index >= 15 is 0 Å². The lowest BCUT2D eigenvalue weighted by molar-refractivity contribution is 0.0732. The third-order valence-corrected chi connectivity index (χ3v) is 4.11. The monoisotopic (exact) mass is 403 g/mol. The van der Waals surface area contributed by atoms with E-state index in [1.807, 2.05) is 0 Å². The molecular weight excluding hydrogens is 386 g/mol. The molecule has 0 atom stereocenters. The molecule has 0 fully saturated rings. The van der Waals surface area contributed by atoms with E-state index in [0.717, 1.165) is 0 Å². The van der Waals surface area contributed by atoms with Crippen molar-refractivity contribution >= 4 is 23.4 Å². The molecule has 7 nitrogen and oxygen atoms in total. The van der Waals surface area contributed by atoms with Crippen LogP contribution in [0.3, 0.4) is 0 Å². The van der Waals surface area contributed by atoms with Crippen LogP contribution >= 0.6 is 0 Å². The zero-order chi connectivity index (χ0) is 21.5. The summed E-state index contributed by atoms with van der Waals surface area (Å²) in [6.07, 6.45) is 0. The van der Waals surface area contributed by atoms with Gasteiger partial charge in [0.25, 0.3) is 0 Å². The van der Waals surface area contributed by atoms with Crippen LogP contribution in [0.25, 0.3) is 0 Å². The van der Waals surface area contributed by atoms with Crippen molar-refractivity contribution in [3.63, 3.8) is 0 Å². The Morgan fingerprint density at radius 3 is 1.83 bits per heavy atom. The quantitative estimate of drug-likeness (QED) is 0.166. The summed E-state index contributed by atoms with van der Waals surface area (Å²) in [5, 5.41) is 11.8. The first-order chi connectivity index (χ1) is 14.5. The van der Waals surface area contributed by atoms with Gasteiger partial charge in [0.05, 0.1) is 16.7 Å². The van der Waals surface area contributed by atoms with Crippen LogP contribution in [0, 0.1) is 0 Å². The maximum Gasteiger partial charge on any atom is 0.343 e. The van der Waals surface area contributed by atoms with E-state index in [1.165, 1.54) is 25.1 Å². The largest absolute Gasteiger partial charge is 0.423 e. The Bertz CT molecular complexity index is 1110. The molecule has 0 aliphatic heterocycles. The fourth-order valence-corrected chi connectivity index (χ4v) is 2.55. The van der Waals surface area contributed by atoms with E-state index in [9.17, 15) is 14.4 Å². The van der Waals surface area contributed by atoms with Crippen molar-refractivity contribution in [2.24, 2.45) is 5.16 Å². The van der Waals surface area contributed by atoms with Gasteiger partial charge in [0, 0.05) is 6.07 Å². The summed E-state index contributed by atoms with van der Waals surface area (Å²) < 4.78 is 10.7. The van der Waals surface area contributed by atoms with Crippen LogP contribution in [0.5, 0.6) is 11.5 Å². The van der Waals surface area contributed by atoms with Gasteiger partial charge in [-0.3, -0.25) is 4.79 Å². The number of carbonyl (C=O) groups excluding carboxylic acids is 3. The van der Waals surface area contributed by atoms with Gasteiger partial charge in [-0.2, -0.15) is 0 Å². The van der Waals surface area contributed by atoms with Gasteiger partial charge in [-0.25, -0.2) is 9.59 Å². The number of carbonyl (C=O) groups is 3. The van der Waals surface area contributed by atoms with Crippen molar-refractivity contribution in [1.29, 1.82) is 0 Å². The number of nitrogens with zero attached hydrogens (tertiary/aromatic N) is 1. The molecule has 3 aromatic carbocycles. The second-order valence-electron chi connectivity index (χ2n) is 6.18. The minimum atomic E-state index is -0.699. The summed E-state index contributed by atoms with van der Waals surface area (Å²) in [6.45, 7) is 1.31. The number of hydrogen-bond acceptors (Lipinski definition) is 7. The lowest BCUT2D eigenvalue weighted by atomic mass is 10.1. The van der Waals surface area contributed by atoms with Gasteiger partial charge in [-0.1, -0.05) is 41.6 Å². The average Bonchev–Trinajstić information content (AvgIpc) is 2.79. The zero-order valence-corrected chi connectivity index (χ0v) is 15.9. The first kappa shape index (κ1) is 20.5. The molecule has 0 saturated heterocycles. The zero-order valence-electron chi connectivity index (χ0n) is 15.9. The molecule has 150 valence electrons. The van der Waals surface area contributed by atoms with E-state index in [2.05, 4.69) is 5.16 Å². The molecule has 0 radical (unpaired) electrons. The van der Waals surface area contributed by atoms with Crippen molar-refractivity contribution in [2.45, 2.75) is 6.92 Å². The summed E-state index contributed by atoms with van der Waals surface area (Å²) >= 11 is 0. The van der Waals surface area contributed by atoms with Crippen LogP contribution in [-0.2, 0) is 0 Å². The molecule has 3 rings (SSSR count). The molecule has 1 N–H and O–H groups in total. The molecule has 0 amide bonds. The minimum absolute atomic E-state index is 0.0194. The van der Waals surface area contributed by atoms with Crippen LogP contribution < -0.4 is 9.47 Å². The molecule has 0 aliphatic rings. The van der Waals surface area contributed by atoms with Gasteiger partial charge in [-0.15, -0.1) is 0 Å². The number of hydrogen-bond donors (Lipinski definition) is 1. The predicted octanol–water partition coefficient (Wildman–Crippen LogP) is 4.16. The molecule has 0 saturated carbocycles. The topological polar surface area (TPSA) is 102 Å². The van der Waals surface area contributed by atoms with E-state index in [4.69, 9.17) is 14.7 Å². The highest BCUT2D eigenvalue weighted by Crippen LogP contribution is 2.27. The summed E-state index contributed by atoms with van der Waals surface area (Å²) in [7, 11) is 0. The number of ketones is 1. The first-order valence-corrected chi connectivity index (χ1v) is 8.91. The molecule has 30 heavy (non-hydrogen) atoms. The highest BCUT2D eigenvalue weighted by molar-refractivity contribution is 6.45. The standard InChI is InChI=1S/C23H17NO6/c1-15(24-28)21(25)19-13-12-18(29-22(26)16-8-4-2-5-9-16)14-20(19)30-23(27)17-10-6-3-7-11-17/h2-14,28H,1H3. The summed E-state index contributed by atoms with van der Waals surface area (Å²) in [6, 6.07) is 20.5. The highest BCUT2D eigenvalue weighted by atomic mass is 16.5. The molecule has 0 bridgehead atoms. The Morgan fingerprint density at radius 2 is 1.30 bits per heavy atom. The number of oxime groups is 1. The van der Waals surface area contributed by atoms with Gasteiger partial charge in [0.1, 0.15) is 17.2 Å². The third-order valence-electron chi connectivity index (χ3n) is 4.11. The predicted molar refractivity (Wildman–Crippen MR) is 108 cm³/mol. The maximum absolute atomic E-state index is 12.5. The number of benzene rings is 3. The van der Waals surface area contributed by atoms with Crippen molar-refractivity contribution < 1.29 is 29.1 Å².